The van der Waals surface area contributed by atoms with Gasteiger partial charge in [-0.1, -0.05) is 11.6 Å². The molecule has 0 fully saturated rings. The summed E-state index contributed by atoms with van der Waals surface area (Å²) in [7, 11) is 0. The van der Waals surface area contributed by atoms with Gasteiger partial charge in [0.15, 0.2) is 0 Å². The number of carbonyl (C=O) groups is 1. The van der Waals surface area contributed by atoms with Gasteiger partial charge in [-0.15, -0.1) is 0 Å². The summed E-state index contributed by atoms with van der Waals surface area (Å²) in [6.07, 6.45) is 0. The van der Waals surface area contributed by atoms with Gasteiger partial charge in [-0.25, -0.2) is 4.79 Å². The van der Waals surface area contributed by atoms with Crippen molar-refractivity contribution in [3.8, 4) is 0 Å². The lowest BCUT2D eigenvalue weighted by molar-refractivity contribution is -0.166. The van der Waals surface area contributed by atoms with E-state index in [2.05, 4.69) is 0 Å². The molecule has 0 saturated carbocycles. The molecule has 2 nitrogen and oxygen atoms in total. The van der Waals surface area contributed by atoms with Crippen molar-refractivity contribution >= 4 is 28.9 Å². The number of thiophene rings is 1. The first-order valence-corrected chi connectivity index (χ1v) is 4.11. The summed E-state index contributed by atoms with van der Waals surface area (Å²) in [4.78, 5) is 10.1. The van der Waals surface area contributed by atoms with Crippen molar-refractivity contribution in [2.24, 2.45) is 0 Å². The molecular formula is C6H3ClF2O2S. The van der Waals surface area contributed by atoms with Crippen molar-refractivity contribution in [3.05, 3.63) is 21.3 Å². The molecule has 1 aromatic heterocycles. The van der Waals surface area contributed by atoms with E-state index in [1.165, 1.54) is 5.38 Å². The minimum absolute atomic E-state index is 0.215. The summed E-state index contributed by atoms with van der Waals surface area (Å²) in [5, 5.41) is 10.2. The monoisotopic (exact) mass is 212 g/mol. The Balaban J connectivity index is 3.13. The molecule has 1 N–H and O–H groups in total. The molecule has 0 saturated heterocycles. The van der Waals surface area contributed by atoms with Gasteiger partial charge in [-0.2, -0.15) is 20.1 Å². The molecule has 0 radical (unpaired) electrons. The number of carboxylic acids is 1. The molecule has 66 valence electrons. The molecule has 0 atom stereocenters. The smallest absolute Gasteiger partial charge is 0.379 e. The van der Waals surface area contributed by atoms with E-state index in [1.54, 1.807) is 0 Å². The number of carboxylic acid groups (broad SMARTS) is 1. The van der Waals surface area contributed by atoms with Gasteiger partial charge in [0.2, 0.25) is 0 Å². The second-order valence-corrected chi connectivity index (χ2v) is 3.16. The summed E-state index contributed by atoms with van der Waals surface area (Å²) in [6.45, 7) is 0. The van der Waals surface area contributed by atoms with Crippen LogP contribution >= 0.6 is 22.9 Å². The van der Waals surface area contributed by atoms with Crippen molar-refractivity contribution < 1.29 is 18.7 Å². The molecule has 0 bridgehead atoms. The van der Waals surface area contributed by atoms with Crippen LogP contribution in [0, 0.1) is 0 Å². The Hall–Kier alpha value is -0.680. The number of hydrogen-bond donors (Lipinski definition) is 1. The van der Waals surface area contributed by atoms with Crippen molar-refractivity contribution in [2.45, 2.75) is 5.92 Å². The predicted octanol–water partition coefficient (Wildman–Crippen LogP) is 2.58. The van der Waals surface area contributed by atoms with Crippen molar-refractivity contribution in [2.75, 3.05) is 0 Å². The highest BCUT2D eigenvalue weighted by Gasteiger charge is 2.43. The molecule has 1 aromatic rings. The number of aliphatic carboxylic acids is 1. The summed E-state index contributed by atoms with van der Waals surface area (Å²) in [5.41, 5.74) is -0.651. The number of rotatable bonds is 2. The Kier molecular flexibility index (Phi) is 2.34. The zero-order valence-electron chi connectivity index (χ0n) is 5.55. The van der Waals surface area contributed by atoms with Crippen LogP contribution in [0.15, 0.2) is 10.8 Å². The third kappa shape index (κ3) is 1.42. The molecule has 0 aromatic carbocycles. The normalized spacial score (nSPS) is 11.6. The minimum atomic E-state index is -3.89. The van der Waals surface area contributed by atoms with E-state index in [-0.39, 0.29) is 5.02 Å². The van der Waals surface area contributed by atoms with Gasteiger partial charge < -0.3 is 5.11 Å². The van der Waals surface area contributed by atoms with Crippen molar-refractivity contribution in [1.29, 1.82) is 0 Å². The summed E-state index contributed by atoms with van der Waals surface area (Å²) in [6, 6.07) is 0. The fourth-order valence-corrected chi connectivity index (χ4v) is 1.74. The highest BCUT2D eigenvalue weighted by Crippen LogP contribution is 2.35. The van der Waals surface area contributed by atoms with Crippen molar-refractivity contribution in [1.82, 2.24) is 0 Å². The van der Waals surface area contributed by atoms with Crippen LogP contribution in [0.5, 0.6) is 0 Å². The average molecular weight is 213 g/mol. The lowest BCUT2D eigenvalue weighted by atomic mass is 10.2. The average Bonchev–Trinajstić information content (AvgIpc) is 2.35. The second-order valence-electron chi connectivity index (χ2n) is 2.01. The third-order valence-electron chi connectivity index (χ3n) is 1.22. The van der Waals surface area contributed by atoms with Gasteiger partial charge in [0.05, 0.1) is 10.6 Å². The van der Waals surface area contributed by atoms with Gasteiger partial charge in [0.25, 0.3) is 0 Å². The second kappa shape index (κ2) is 2.99. The Bertz CT molecular complexity index is 310. The molecular weight excluding hydrogens is 210 g/mol. The van der Waals surface area contributed by atoms with Crippen LogP contribution < -0.4 is 0 Å². The molecule has 12 heavy (non-hydrogen) atoms. The fraction of sp³-hybridized carbons (Fsp3) is 0.167. The molecule has 1 heterocycles. The summed E-state index contributed by atoms with van der Waals surface area (Å²) >= 11 is 6.27. The quantitative estimate of drug-likeness (QED) is 0.818. The lowest BCUT2D eigenvalue weighted by Crippen LogP contribution is -2.24. The molecule has 0 unspecified atom stereocenters. The Morgan fingerprint density at radius 2 is 2.17 bits per heavy atom. The van der Waals surface area contributed by atoms with E-state index in [0.717, 1.165) is 16.7 Å². The van der Waals surface area contributed by atoms with Gasteiger partial charge in [-0.05, 0) is 0 Å². The van der Waals surface area contributed by atoms with E-state index in [0.29, 0.717) is 0 Å². The molecule has 1 rings (SSSR count). The van der Waals surface area contributed by atoms with Crippen LogP contribution in [-0.2, 0) is 10.7 Å². The molecule has 0 aliphatic rings. The first kappa shape index (κ1) is 9.41. The number of halogens is 3. The fourth-order valence-electron chi connectivity index (χ4n) is 0.621. The lowest BCUT2D eigenvalue weighted by Gasteiger charge is -2.08. The maximum atomic E-state index is 12.7. The van der Waals surface area contributed by atoms with E-state index in [1.807, 2.05) is 0 Å². The van der Waals surface area contributed by atoms with Crippen LogP contribution in [0.3, 0.4) is 0 Å². The van der Waals surface area contributed by atoms with Crippen LogP contribution in [-0.4, -0.2) is 11.1 Å². The van der Waals surface area contributed by atoms with Gasteiger partial charge in [0, 0.05) is 10.8 Å². The zero-order valence-corrected chi connectivity index (χ0v) is 7.12. The van der Waals surface area contributed by atoms with Crippen LogP contribution in [0.2, 0.25) is 5.02 Å². The molecule has 6 heteroatoms. The highest BCUT2D eigenvalue weighted by atomic mass is 35.5. The molecule has 0 aliphatic heterocycles. The largest absolute Gasteiger partial charge is 0.477 e. The molecule has 0 aliphatic carbocycles. The van der Waals surface area contributed by atoms with Crippen LogP contribution in [0.4, 0.5) is 8.78 Å². The third-order valence-corrected chi connectivity index (χ3v) is 2.41. The van der Waals surface area contributed by atoms with Gasteiger partial charge in [-0.3, -0.25) is 0 Å². The maximum Gasteiger partial charge on any atom is 0.379 e. The van der Waals surface area contributed by atoms with E-state index in [9.17, 15) is 13.6 Å². The van der Waals surface area contributed by atoms with Crippen LogP contribution in [0.1, 0.15) is 5.56 Å². The summed E-state index contributed by atoms with van der Waals surface area (Å²) in [5.74, 6) is -6.08. The van der Waals surface area contributed by atoms with Gasteiger partial charge >= 0.3 is 11.9 Å². The molecule has 0 amide bonds. The van der Waals surface area contributed by atoms with Gasteiger partial charge in [0.1, 0.15) is 0 Å². The van der Waals surface area contributed by atoms with E-state index in [4.69, 9.17) is 16.7 Å². The summed E-state index contributed by atoms with van der Waals surface area (Å²) < 4.78 is 25.4. The SMILES string of the molecule is O=C(O)C(F)(F)c1cscc1Cl. The highest BCUT2D eigenvalue weighted by molar-refractivity contribution is 7.08. The number of hydrogen-bond acceptors (Lipinski definition) is 2. The van der Waals surface area contributed by atoms with E-state index >= 15 is 0 Å². The van der Waals surface area contributed by atoms with E-state index < -0.39 is 17.5 Å². The first-order valence-electron chi connectivity index (χ1n) is 2.79. The maximum absolute atomic E-state index is 12.7. The Morgan fingerprint density at radius 1 is 1.58 bits per heavy atom. The minimum Gasteiger partial charge on any atom is -0.477 e. The first-order chi connectivity index (χ1) is 5.46. The standard InChI is InChI=1S/C6H3ClF2O2S/c7-4-2-12-1-3(4)6(8,9)5(10)11/h1-2H,(H,10,11). The Labute approximate surface area is 75.4 Å². The Morgan fingerprint density at radius 3 is 2.50 bits per heavy atom. The number of alkyl halides is 2. The van der Waals surface area contributed by atoms with Crippen molar-refractivity contribution in [3.63, 3.8) is 0 Å². The van der Waals surface area contributed by atoms with Crippen LogP contribution in [0.25, 0.3) is 0 Å². The zero-order chi connectivity index (χ0) is 9.35. The molecule has 0 spiro atoms. The predicted molar refractivity (Wildman–Crippen MR) is 40.9 cm³/mol. The topological polar surface area (TPSA) is 37.3 Å².